The first-order valence-electron chi connectivity index (χ1n) is 6.71. The van der Waals surface area contributed by atoms with Crippen LogP contribution in [-0.2, 0) is 9.53 Å². The smallest absolute Gasteiger partial charge is 0.306 e. The third-order valence-corrected chi connectivity index (χ3v) is 6.18. The van der Waals surface area contributed by atoms with Crippen LogP contribution in [0.2, 0.25) is 0 Å². The van der Waals surface area contributed by atoms with Gasteiger partial charge < -0.3 is 4.74 Å². The van der Waals surface area contributed by atoms with Crippen LogP contribution in [-0.4, -0.2) is 12.1 Å². The largest absolute Gasteiger partial charge is 0.462 e. The second-order valence-electron chi connectivity index (χ2n) is 6.49. The van der Waals surface area contributed by atoms with Crippen molar-refractivity contribution in [2.24, 2.45) is 41.4 Å². The molecule has 4 aliphatic carbocycles. The molecule has 4 bridgehead atoms. The molecule has 2 heteroatoms. The highest BCUT2D eigenvalue weighted by Gasteiger charge is 2.67. The van der Waals surface area contributed by atoms with E-state index in [1.54, 1.807) is 0 Å². The van der Waals surface area contributed by atoms with Crippen LogP contribution in [0.25, 0.3) is 0 Å². The van der Waals surface area contributed by atoms with Crippen molar-refractivity contribution in [3.63, 3.8) is 0 Å². The molecule has 8 unspecified atom stereocenters. The van der Waals surface area contributed by atoms with Crippen molar-refractivity contribution >= 4 is 5.97 Å². The molecule has 0 amide bonds. The minimum atomic E-state index is 0.0741. The summed E-state index contributed by atoms with van der Waals surface area (Å²) in [6.45, 7) is 0. The van der Waals surface area contributed by atoms with Gasteiger partial charge in [0.2, 0.25) is 0 Å². The summed E-state index contributed by atoms with van der Waals surface area (Å²) in [4.78, 5) is 11.4. The van der Waals surface area contributed by atoms with Gasteiger partial charge in [0.1, 0.15) is 6.10 Å². The van der Waals surface area contributed by atoms with E-state index in [0.29, 0.717) is 17.9 Å². The number of allylic oxidation sites excluding steroid dienone is 2. The topological polar surface area (TPSA) is 26.3 Å². The van der Waals surface area contributed by atoms with Crippen molar-refractivity contribution in [1.29, 1.82) is 0 Å². The molecule has 5 aliphatic rings. The molecule has 0 aromatic heterocycles. The van der Waals surface area contributed by atoms with E-state index in [0.717, 1.165) is 36.0 Å². The molecule has 1 heterocycles. The average molecular weight is 216 g/mol. The summed E-state index contributed by atoms with van der Waals surface area (Å²) in [5.41, 5.74) is 0. The van der Waals surface area contributed by atoms with Crippen LogP contribution in [0.5, 0.6) is 0 Å². The number of fused-ring (bicyclic) bond motifs is 12. The van der Waals surface area contributed by atoms with E-state index in [1.165, 1.54) is 12.8 Å². The maximum Gasteiger partial charge on any atom is 0.306 e. The molecule has 0 radical (unpaired) electrons. The van der Waals surface area contributed by atoms with Crippen molar-refractivity contribution in [3.05, 3.63) is 12.2 Å². The van der Waals surface area contributed by atoms with Crippen LogP contribution in [0.15, 0.2) is 12.2 Å². The molecule has 3 saturated carbocycles. The van der Waals surface area contributed by atoms with Crippen molar-refractivity contribution in [2.75, 3.05) is 0 Å². The Morgan fingerprint density at radius 3 is 2.56 bits per heavy atom. The van der Waals surface area contributed by atoms with Crippen LogP contribution >= 0.6 is 0 Å². The lowest BCUT2D eigenvalue weighted by molar-refractivity contribution is -0.144. The molecule has 5 rings (SSSR count). The predicted octanol–water partition coefficient (Wildman–Crippen LogP) is 2.01. The number of hydrogen-bond donors (Lipinski definition) is 0. The number of carbonyl (C=O) groups is 1. The Bertz CT molecular complexity index is 379. The normalized spacial score (nSPS) is 63.9. The van der Waals surface area contributed by atoms with Crippen molar-refractivity contribution in [3.8, 4) is 0 Å². The Labute approximate surface area is 95.0 Å². The van der Waals surface area contributed by atoms with Crippen LogP contribution in [0.4, 0.5) is 0 Å². The molecule has 0 N–H and O–H groups in total. The monoisotopic (exact) mass is 216 g/mol. The number of esters is 1. The molecular formula is C14H16O2. The summed E-state index contributed by atoms with van der Waals surface area (Å²) in [6, 6.07) is 0. The second kappa shape index (κ2) is 2.39. The molecule has 0 spiro atoms. The second-order valence-corrected chi connectivity index (χ2v) is 6.49. The molecule has 4 fully saturated rings. The third-order valence-electron chi connectivity index (χ3n) is 6.18. The Morgan fingerprint density at radius 1 is 1.00 bits per heavy atom. The molecule has 0 aromatic carbocycles. The zero-order valence-corrected chi connectivity index (χ0v) is 9.21. The van der Waals surface area contributed by atoms with Gasteiger partial charge in [-0.3, -0.25) is 4.79 Å². The number of rotatable bonds is 0. The number of carbonyl (C=O) groups excluding carboxylic acids is 1. The molecule has 84 valence electrons. The molecular weight excluding hydrogens is 200 g/mol. The Kier molecular flexibility index (Phi) is 1.24. The summed E-state index contributed by atoms with van der Waals surface area (Å²) in [5, 5.41) is 0. The van der Waals surface area contributed by atoms with Gasteiger partial charge in [-0.2, -0.15) is 0 Å². The highest BCUT2D eigenvalue weighted by Crippen LogP contribution is 2.68. The number of ether oxygens (including phenoxy) is 1. The first-order chi connectivity index (χ1) is 7.83. The van der Waals surface area contributed by atoms with Crippen LogP contribution in [0.1, 0.15) is 19.3 Å². The van der Waals surface area contributed by atoms with Crippen LogP contribution < -0.4 is 0 Å². The molecule has 16 heavy (non-hydrogen) atoms. The molecule has 1 aliphatic heterocycles. The standard InChI is InChI=1S/C14H16O2/c15-11-5-9-8-4-10(14(9)16-11)13-7-2-1-6(3-7)12(8)13/h1-2,6-10,12-14H,3-5H2. The van der Waals surface area contributed by atoms with E-state index in [2.05, 4.69) is 12.2 Å². The number of hydrogen-bond acceptors (Lipinski definition) is 2. The lowest BCUT2D eigenvalue weighted by Gasteiger charge is -2.37. The van der Waals surface area contributed by atoms with Gasteiger partial charge in [-0.15, -0.1) is 0 Å². The van der Waals surface area contributed by atoms with E-state index in [-0.39, 0.29) is 5.97 Å². The van der Waals surface area contributed by atoms with E-state index in [1.807, 2.05) is 0 Å². The van der Waals surface area contributed by atoms with Gasteiger partial charge in [0.15, 0.2) is 0 Å². The zero-order chi connectivity index (χ0) is 10.4. The minimum Gasteiger partial charge on any atom is -0.462 e. The van der Waals surface area contributed by atoms with Gasteiger partial charge in [-0.1, -0.05) is 12.2 Å². The first kappa shape index (κ1) is 8.32. The highest BCUT2D eigenvalue weighted by atomic mass is 16.6. The van der Waals surface area contributed by atoms with E-state index < -0.39 is 0 Å². The minimum absolute atomic E-state index is 0.0741. The van der Waals surface area contributed by atoms with Gasteiger partial charge in [0.05, 0.1) is 6.42 Å². The molecule has 0 aromatic rings. The van der Waals surface area contributed by atoms with Crippen molar-refractivity contribution in [1.82, 2.24) is 0 Å². The van der Waals surface area contributed by atoms with Crippen LogP contribution in [0, 0.1) is 41.4 Å². The predicted molar refractivity (Wildman–Crippen MR) is 57.3 cm³/mol. The Hall–Kier alpha value is -0.790. The van der Waals surface area contributed by atoms with E-state index >= 15 is 0 Å². The maximum absolute atomic E-state index is 11.4. The maximum atomic E-state index is 11.4. The Morgan fingerprint density at radius 2 is 1.75 bits per heavy atom. The highest BCUT2D eigenvalue weighted by molar-refractivity contribution is 5.72. The van der Waals surface area contributed by atoms with Crippen molar-refractivity contribution in [2.45, 2.75) is 25.4 Å². The fourth-order valence-corrected chi connectivity index (χ4v) is 5.94. The fourth-order valence-electron chi connectivity index (χ4n) is 5.94. The first-order valence-corrected chi connectivity index (χ1v) is 6.71. The summed E-state index contributed by atoms with van der Waals surface area (Å²) < 4.78 is 5.57. The molecule has 8 atom stereocenters. The van der Waals surface area contributed by atoms with E-state index in [4.69, 9.17) is 4.74 Å². The van der Waals surface area contributed by atoms with Gasteiger partial charge in [0.25, 0.3) is 0 Å². The quantitative estimate of drug-likeness (QED) is 0.352. The zero-order valence-electron chi connectivity index (χ0n) is 9.21. The molecule has 1 saturated heterocycles. The lowest BCUT2D eigenvalue weighted by atomic mass is 9.68. The third kappa shape index (κ3) is 0.722. The van der Waals surface area contributed by atoms with Gasteiger partial charge in [0, 0.05) is 11.8 Å². The molecule has 2 nitrogen and oxygen atoms in total. The van der Waals surface area contributed by atoms with Gasteiger partial charge >= 0.3 is 5.97 Å². The van der Waals surface area contributed by atoms with Gasteiger partial charge in [-0.05, 0) is 42.4 Å². The lowest BCUT2D eigenvalue weighted by Crippen LogP contribution is -2.38. The summed E-state index contributed by atoms with van der Waals surface area (Å²) in [6.07, 6.45) is 8.68. The average Bonchev–Trinajstić information content (AvgIpc) is 2.98. The van der Waals surface area contributed by atoms with Crippen LogP contribution in [0.3, 0.4) is 0 Å². The van der Waals surface area contributed by atoms with E-state index in [9.17, 15) is 4.79 Å². The Balaban J connectivity index is 1.59. The van der Waals surface area contributed by atoms with Gasteiger partial charge in [-0.25, -0.2) is 0 Å². The van der Waals surface area contributed by atoms with Crippen molar-refractivity contribution < 1.29 is 9.53 Å². The fraction of sp³-hybridized carbons (Fsp3) is 0.786. The summed E-state index contributed by atoms with van der Waals surface area (Å²) in [5.74, 6) is 5.64. The SMILES string of the molecule is O=C1CC2C3CC(C2O1)C1C2C=CC(C2)C31. The summed E-state index contributed by atoms with van der Waals surface area (Å²) >= 11 is 0. The summed E-state index contributed by atoms with van der Waals surface area (Å²) in [7, 11) is 0.